The lowest BCUT2D eigenvalue weighted by Crippen LogP contribution is -1.97. The van der Waals surface area contributed by atoms with Crippen molar-refractivity contribution in [3.05, 3.63) is 29.3 Å². The van der Waals surface area contributed by atoms with Crippen LogP contribution in [0.15, 0.2) is 12.3 Å². The third kappa shape index (κ3) is 1.45. The van der Waals surface area contributed by atoms with E-state index in [9.17, 15) is 4.39 Å². The van der Waals surface area contributed by atoms with Gasteiger partial charge in [0, 0.05) is 6.20 Å². The fourth-order valence-electron chi connectivity index (χ4n) is 1.01. The summed E-state index contributed by atoms with van der Waals surface area (Å²) in [5.41, 5.74) is 0.721. The highest BCUT2D eigenvalue weighted by molar-refractivity contribution is 5.31. The molecular formula is C10H10FN. The summed E-state index contributed by atoms with van der Waals surface area (Å²) in [4.78, 5) is 3.73. The van der Waals surface area contributed by atoms with Crippen molar-refractivity contribution in [2.24, 2.45) is 0 Å². The maximum Gasteiger partial charge on any atom is 0.160 e. The number of pyridine rings is 1. The number of terminal acetylenes is 1. The van der Waals surface area contributed by atoms with Crippen LogP contribution in [0.4, 0.5) is 4.39 Å². The van der Waals surface area contributed by atoms with Gasteiger partial charge in [-0.15, -0.1) is 6.42 Å². The number of hydrogen-bond donors (Lipinski definition) is 0. The minimum absolute atomic E-state index is 0.0983. The van der Waals surface area contributed by atoms with E-state index >= 15 is 0 Å². The molecule has 0 unspecified atom stereocenters. The van der Waals surface area contributed by atoms with Crippen molar-refractivity contribution in [1.29, 1.82) is 0 Å². The minimum atomic E-state index is -0.366. The van der Waals surface area contributed by atoms with Crippen LogP contribution in [0.2, 0.25) is 0 Å². The van der Waals surface area contributed by atoms with Crippen molar-refractivity contribution in [1.82, 2.24) is 4.98 Å². The van der Waals surface area contributed by atoms with E-state index in [0.29, 0.717) is 5.56 Å². The average Bonchev–Trinajstić information content (AvgIpc) is 2.04. The van der Waals surface area contributed by atoms with E-state index in [0.717, 1.165) is 0 Å². The lowest BCUT2D eigenvalue weighted by molar-refractivity contribution is 0.588. The zero-order valence-corrected chi connectivity index (χ0v) is 7.13. The standard InChI is InChI=1S/C10H10FN/c1-4-9-10(11)8(7(2)3)5-6-12-9/h1,5-7H,2-3H3. The molecule has 0 saturated carbocycles. The molecule has 0 amide bonds. The molecule has 0 spiro atoms. The van der Waals surface area contributed by atoms with Crippen molar-refractivity contribution in [3.63, 3.8) is 0 Å². The molecule has 1 aromatic heterocycles. The maximum absolute atomic E-state index is 13.3. The van der Waals surface area contributed by atoms with Gasteiger partial charge < -0.3 is 0 Å². The lowest BCUT2D eigenvalue weighted by atomic mass is 10.0. The number of nitrogens with zero attached hydrogens (tertiary/aromatic N) is 1. The van der Waals surface area contributed by atoms with Crippen LogP contribution < -0.4 is 0 Å². The molecule has 0 saturated heterocycles. The van der Waals surface area contributed by atoms with E-state index in [1.165, 1.54) is 6.20 Å². The quantitative estimate of drug-likeness (QED) is 0.579. The largest absolute Gasteiger partial charge is 0.245 e. The zero-order valence-electron chi connectivity index (χ0n) is 7.13. The zero-order chi connectivity index (χ0) is 9.14. The fraction of sp³-hybridized carbons (Fsp3) is 0.300. The van der Waals surface area contributed by atoms with E-state index in [1.807, 2.05) is 13.8 Å². The topological polar surface area (TPSA) is 12.9 Å². The summed E-state index contributed by atoms with van der Waals surface area (Å²) in [6.07, 6.45) is 6.60. The molecule has 0 radical (unpaired) electrons. The number of halogens is 1. The monoisotopic (exact) mass is 163 g/mol. The van der Waals surface area contributed by atoms with Crippen LogP contribution in [-0.2, 0) is 0 Å². The Morgan fingerprint density at radius 2 is 2.25 bits per heavy atom. The van der Waals surface area contributed by atoms with Gasteiger partial charge in [0.25, 0.3) is 0 Å². The SMILES string of the molecule is C#Cc1nccc(C(C)C)c1F. The number of rotatable bonds is 1. The summed E-state index contributed by atoms with van der Waals surface area (Å²) >= 11 is 0. The molecule has 0 fully saturated rings. The molecule has 2 heteroatoms. The van der Waals surface area contributed by atoms with Gasteiger partial charge in [0.2, 0.25) is 0 Å². The van der Waals surface area contributed by atoms with E-state index in [4.69, 9.17) is 6.42 Å². The van der Waals surface area contributed by atoms with E-state index in [2.05, 4.69) is 10.9 Å². The van der Waals surface area contributed by atoms with Crippen molar-refractivity contribution in [3.8, 4) is 12.3 Å². The average molecular weight is 163 g/mol. The van der Waals surface area contributed by atoms with Gasteiger partial charge in [-0.3, -0.25) is 0 Å². The summed E-state index contributed by atoms with van der Waals surface area (Å²) in [6.45, 7) is 3.83. The molecule has 0 atom stereocenters. The Balaban J connectivity index is 3.25. The van der Waals surface area contributed by atoms with Crippen LogP contribution in [0, 0.1) is 18.2 Å². The van der Waals surface area contributed by atoms with Crippen LogP contribution in [-0.4, -0.2) is 4.98 Å². The highest BCUT2D eigenvalue weighted by Gasteiger charge is 2.09. The molecule has 1 nitrogen and oxygen atoms in total. The van der Waals surface area contributed by atoms with E-state index in [-0.39, 0.29) is 17.4 Å². The predicted molar refractivity (Wildman–Crippen MR) is 46.2 cm³/mol. The summed E-state index contributed by atoms with van der Waals surface area (Å²) in [5, 5.41) is 0. The maximum atomic E-state index is 13.3. The highest BCUT2D eigenvalue weighted by atomic mass is 19.1. The summed E-state index contributed by atoms with van der Waals surface area (Å²) in [5.74, 6) is 1.98. The fourth-order valence-corrected chi connectivity index (χ4v) is 1.01. The van der Waals surface area contributed by atoms with Crippen molar-refractivity contribution in [2.45, 2.75) is 19.8 Å². The van der Waals surface area contributed by atoms with Crippen molar-refractivity contribution >= 4 is 0 Å². The highest BCUT2D eigenvalue weighted by Crippen LogP contribution is 2.18. The predicted octanol–water partition coefficient (Wildman–Crippen LogP) is 2.33. The van der Waals surface area contributed by atoms with Gasteiger partial charge in [0.1, 0.15) is 5.69 Å². The first-order chi connectivity index (χ1) is 5.66. The van der Waals surface area contributed by atoms with E-state index < -0.39 is 0 Å². The Kier molecular flexibility index (Phi) is 2.44. The smallest absolute Gasteiger partial charge is 0.160 e. The molecule has 62 valence electrons. The first-order valence-corrected chi connectivity index (χ1v) is 3.77. The molecule has 0 bridgehead atoms. The van der Waals surface area contributed by atoms with E-state index in [1.54, 1.807) is 6.07 Å². The summed E-state index contributed by atoms with van der Waals surface area (Å²) < 4.78 is 13.3. The van der Waals surface area contributed by atoms with Crippen LogP contribution in [0.3, 0.4) is 0 Å². The van der Waals surface area contributed by atoms with Gasteiger partial charge in [-0.05, 0) is 23.5 Å². The first-order valence-electron chi connectivity index (χ1n) is 3.77. The molecule has 1 rings (SSSR count). The van der Waals surface area contributed by atoms with Gasteiger partial charge in [0.15, 0.2) is 5.82 Å². The van der Waals surface area contributed by atoms with Crippen LogP contribution >= 0.6 is 0 Å². The van der Waals surface area contributed by atoms with Gasteiger partial charge in [0.05, 0.1) is 0 Å². The third-order valence-electron chi connectivity index (χ3n) is 1.68. The van der Waals surface area contributed by atoms with Gasteiger partial charge >= 0.3 is 0 Å². The van der Waals surface area contributed by atoms with Crippen molar-refractivity contribution in [2.75, 3.05) is 0 Å². The summed E-state index contributed by atoms with van der Waals surface area (Å²) in [6, 6.07) is 1.65. The minimum Gasteiger partial charge on any atom is -0.245 e. The molecule has 1 heterocycles. The number of aromatic nitrogens is 1. The molecule has 0 aliphatic heterocycles. The molecule has 0 N–H and O–H groups in total. The second-order valence-corrected chi connectivity index (χ2v) is 2.86. The lowest BCUT2D eigenvalue weighted by Gasteiger charge is -2.06. The molecule has 0 aromatic carbocycles. The van der Waals surface area contributed by atoms with Crippen LogP contribution in [0.5, 0.6) is 0 Å². The Morgan fingerprint density at radius 1 is 1.58 bits per heavy atom. The van der Waals surface area contributed by atoms with Gasteiger partial charge in [-0.25, -0.2) is 9.37 Å². The molecule has 0 aliphatic carbocycles. The second kappa shape index (κ2) is 3.36. The van der Waals surface area contributed by atoms with Gasteiger partial charge in [-0.1, -0.05) is 13.8 Å². The molecule has 0 aliphatic rings. The molecule has 12 heavy (non-hydrogen) atoms. The van der Waals surface area contributed by atoms with Crippen LogP contribution in [0.1, 0.15) is 31.0 Å². The normalized spacial score (nSPS) is 9.92. The Labute approximate surface area is 71.6 Å². The molecule has 1 aromatic rings. The first kappa shape index (κ1) is 8.73. The van der Waals surface area contributed by atoms with Crippen LogP contribution in [0.25, 0.3) is 0 Å². The summed E-state index contributed by atoms with van der Waals surface area (Å²) in [7, 11) is 0. The molecular weight excluding hydrogens is 153 g/mol. The van der Waals surface area contributed by atoms with Gasteiger partial charge in [-0.2, -0.15) is 0 Å². The Morgan fingerprint density at radius 3 is 2.75 bits per heavy atom. The third-order valence-corrected chi connectivity index (χ3v) is 1.68. The Bertz CT molecular complexity index is 323. The number of hydrogen-bond acceptors (Lipinski definition) is 1. The second-order valence-electron chi connectivity index (χ2n) is 2.86. The Hall–Kier alpha value is -1.36. The van der Waals surface area contributed by atoms with Crippen molar-refractivity contribution < 1.29 is 4.39 Å².